The molecule has 8 heteroatoms. The second kappa shape index (κ2) is 8.39. The minimum absolute atomic E-state index is 0.219. The van der Waals surface area contributed by atoms with Crippen LogP contribution < -0.4 is 20.5 Å². The van der Waals surface area contributed by atoms with E-state index >= 15 is 0 Å². The van der Waals surface area contributed by atoms with Crippen LogP contribution in [0, 0.1) is 6.92 Å². The fourth-order valence-electron chi connectivity index (χ4n) is 4.24. The molecule has 31 heavy (non-hydrogen) atoms. The maximum Gasteiger partial charge on any atom is 0.232 e. The number of likely N-dealkylation sites (tertiary alicyclic amines) is 1. The number of anilines is 3. The lowest BCUT2D eigenvalue weighted by Crippen LogP contribution is -2.25. The molecule has 0 radical (unpaired) electrons. The zero-order chi connectivity index (χ0) is 21.2. The number of aryl methyl sites for hydroxylation is 1. The highest BCUT2D eigenvalue weighted by Gasteiger charge is 2.28. The SMILES string of the molecule is Cc1ccccc1Nc1nc(N)nc(CN2CCCC2c2ccc3c(c2)OCCO3)n1. The summed E-state index contributed by atoms with van der Waals surface area (Å²) in [5, 5.41) is 3.26. The molecule has 1 fully saturated rings. The van der Waals surface area contributed by atoms with E-state index < -0.39 is 0 Å². The van der Waals surface area contributed by atoms with Crippen molar-refractivity contribution in [1.29, 1.82) is 0 Å². The van der Waals surface area contributed by atoms with E-state index in [0.717, 1.165) is 42.1 Å². The van der Waals surface area contributed by atoms with Crippen molar-refractivity contribution < 1.29 is 9.47 Å². The lowest BCUT2D eigenvalue weighted by atomic mass is 10.0. The summed E-state index contributed by atoms with van der Waals surface area (Å²) in [6.45, 7) is 4.81. The molecule has 1 aromatic heterocycles. The summed E-state index contributed by atoms with van der Waals surface area (Å²) >= 11 is 0. The smallest absolute Gasteiger partial charge is 0.232 e. The molecule has 1 saturated heterocycles. The molecule has 0 saturated carbocycles. The third-order valence-electron chi connectivity index (χ3n) is 5.75. The molecule has 2 aliphatic rings. The van der Waals surface area contributed by atoms with E-state index in [4.69, 9.17) is 15.2 Å². The minimum atomic E-state index is 0.219. The highest BCUT2D eigenvalue weighted by molar-refractivity contribution is 5.58. The number of rotatable bonds is 5. The van der Waals surface area contributed by atoms with Gasteiger partial charge in [0.25, 0.3) is 0 Å². The van der Waals surface area contributed by atoms with Crippen molar-refractivity contribution >= 4 is 17.6 Å². The molecule has 0 bridgehead atoms. The summed E-state index contributed by atoms with van der Waals surface area (Å²) in [6.07, 6.45) is 2.20. The van der Waals surface area contributed by atoms with Gasteiger partial charge in [-0.05, 0) is 55.6 Å². The van der Waals surface area contributed by atoms with Gasteiger partial charge in [-0.15, -0.1) is 0 Å². The van der Waals surface area contributed by atoms with Crippen molar-refractivity contribution in [1.82, 2.24) is 19.9 Å². The van der Waals surface area contributed by atoms with Gasteiger partial charge in [0, 0.05) is 11.7 Å². The monoisotopic (exact) mass is 418 g/mol. The minimum Gasteiger partial charge on any atom is -0.486 e. The van der Waals surface area contributed by atoms with Crippen molar-refractivity contribution in [3.8, 4) is 11.5 Å². The van der Waals surface area contributed by atoms with E-state index in [-0.39, 0.29) is 12.0 Å². The maximum atomic E-state index is 6.00. The Bertz CT molecular complexity index is 1090. The maximum absolute atomic E-state index is 6.00. The van der Waals surface area contributed by atoms with Crippen molar-refractivity contribution in [3.05, 3.63) is 59.4 Å². The predicted molar refractivity (Wildman–Crippen MR) is 119 cm³/mol. The number of nitrogens with two attached hydrogens (primary N) is 1. The van der Waals surface area contributed by atoms with Gasteiger partial charge in [0.1, 0.15) is 19.0 Å². The largest absolute Gasteiger partial charge is 0.486 e. The second-order valence-electron chi connectivity index (χ2n) is 7.90. The van der Waals surface area contributed by atoms with E-state index in [0.29, 0.717) is 31.5 Å². The van der Waals surface area contributed by atoms with Gasteiger partial charge in [0.05, 0.1) is 6.54 Å². The van der Waals surface area contributed by atoms with Crippen LogP contribution in [0.4, 0.5) is 17.6 Å². The number of fused-ring (bicyclic) bond motifs is 1. The number of para-hydroxylation sites is 1. The fourth-order valence-corrected chi connectivity index (χ4v) is 4.24. The first kappa shape index (κ1) is 19.6. The summed E-state index contributed by atoms with van der Waals surface area (Å²) in [7, 11) is 0. The van der Waals surface area contributed by atoms with Crippen molar-refractivity contribution in [3.63, 3.8) is 0 Å². The van der Waals surface area contributed by atoms with E-state index in [1.54, 1.807) is 0 Å². The fraction of sp³-hybridized carbons (Fsp3) is 0.348. The number of nitrogens with zero attached hydrogens (tertiary/aromatic N) is 4. The quantitative estimate of drug-likeness (QED) is 0.648. The molecule has 2 aromatic carbocycles. The van der Waals surface area contributed by atoms with Crippen LogP contribution in [0.5, 0.6) is 11.5 Å². The number of hydrogen-bond donors (Lipinski definition) is 2. The standard InChI is InChI=1S/C23H26N6O2/c1-15-5-2-3-6-17(15)25-23-27-21(26-22(24)28-23)14-29-10-4-7-18(29)16-8-9-19-20(13-16)31-12-11-30-19/h2-3,5-6,8-9,13,18H,4,7,10-12,14H2,1H3,(H3,24,25,26,27,28). The molecule has 3 N–H and O–H groups in total. The molecule has 8 nitrogen and oxygen atoms in total. The van der Waals surface area contributed by atoms with Gasteiger partial charge in [0.2, 0.25) is 11.9 Å². The molecule has 3 aromatic rings. The van der Waals surface area contributed by atoms with Crippen LogP contribution in [0.15, 0.2) is 42.5 Å². The van der Waals surface area contributed by atoms with Gasteiger partial charge in [-0.3, -0.25) is 4.90 Å². The molecular weight excluding hydrogens is 392 g/mol. The van der Waals surface area contributed by atoms with E-state index in [1.807, 2.05) is 37.3 Å². The third kappa shape index (κ3) is 4.25. The average Bonchev–Trinajstić information content (AvgIpc) is 3.23. The number of nitrogen functional groups attached to an aromatic ring is 1. The Hall–Kier alpha value is -3.39. The number of hydrogen-bond acceptors (Lipinski definition) is 8. The van der Waals surface area contributed by atoms with Gasteiger partial charge in [-0.1, -0.05) is 24.3 Å². The Morgan fingerprint density at radius 2 is 1.90 bits per heavy atom. The van der Waals surface area contributed by atoms with E-state index in [1.165, 1.54) is 5.56 Å². The van der Waals surface area contributed by atoms with Crippen LogP contribution in [0.2, 0.25) is 0 Å². The Labute approximate surface area is 181 Å². The second-order valence-corrected chi connectivity index (χ2v) is 7.90. The molecule has 1 atom stereocenters. The number of aromatic nitrogens is 3. The summed E-state index contributed by atoms with van der Waals surface area (Å²) in [5.74, 6) is 2.98. The number of nitrogens with one attached hydrogen (secondary N) is 1. The van der Waals surface area contributed by atoms with Crippen LogP contribution >= 0.6 is 0 Å². The van der Waals surface area contributed by atoms with Crippen LogP contribution in [0.25, 0.3) is 0 Å². The normalized spacial score (nSPS) is 18.2. The number of benzene rings is 2. The van der Waals surface area contributed by atoms with Crippen molar-refractivity contribution in [2.75, 3.05) is 30.8 Å². The van der Waals surface area contributed by atoms with Gasteiger partial charge in [-0.2, -0.15) is 15.0 Å². The highest BCUT2D eigenvalue weighted by atomic mass is 16.6. The molecule has 1 unspecified atom stereocenters. The van der Waals surface area contributed by atoms with Crippen LogP contribution in [-0.2, 0) is 6.54 Å². The van der Waals surface area contributed by atoms with Gasteiger partial charge >= 0.3 is 0 Å². The first-order valence-electron chi connectivity index (χ1n) is 10.6. The van der Waals surface area contributed by atoms with Gasteiger partial charge in [-0.25, -0.2) is 0 Å². The lowest BCUT2D eigenvalue weighted by molar-refractivity contribution is 0.170. The summed E-state index contributed by atoms with van der Waals surface area (Å²) in [5.41, 5.74) is 9.29. The molecular formula is C23H26N6O2. The summed E-state index contributed by atoms with van der Waals surface area (Å²) in [4.78, 5) is 15.7. The average molecular weight is 419 g/mol. The summed E-state index contributed by atoms with van der Waals surface area (Å²) in [6, 6.07) is 14.5. The van der Waals surface area contributed by atoms with Crippen molar-refractivity contribution in [2.24, 2.45) is 0 Å². The summed E-state index contributed by atoms with van der Waals surface area (Å²) < 4.78 is 11.4. The van der Waals surface area contributed by atoms with E-state index in [9.17, 15) is 0 Å². The molecule has 3 heterocycles. The van der Waals surface area contributed by atoms with E-state index in [2.05, 4.69) is 37.3 Å². The highest BCUT2D eigenvalue weighted by Crippen LogP contribution is 2.38. The molecule has 2 aliphatic heterocycles. The lowest BCUT2D eigenvalue weighted by Gasteiger charge is -2.26. The Morgan fingerprint density at radius 1 is 1.06 bits per heavy atom. The topological polar surface area (TPSA) is 98.4 Å². The van der Waals surface area contributed by atoms with Gasteiger partial charge in [0.15, 0.2) is 11.5 Å². The van der Waals surface area contributed by atoms with Crippen LogP contribution in [-0.4, -0.2) is 39.6 Å². The molecule has 0 amide bonds. The Morgan fingerprint density at radius 3 is 2.77 bits per heavy atom. The molecule has 160 valence electrons. The first-order chi connectivity index (χ1) is 15.2. The van der Waals surface area contributed by atoms with Crippen molar-refractivity contribution in [2.45, 2.75) is 32.4 Å². The first-order valence-corrected chi connectivity index (χ1v) is 10.6. The number of ether oxygens (including phenoxy) is 2. The molecule has 0 aliphatic carbocycles. The zero-order valence-corrected chi connectivity index (χ0v) is 17.5. The Balaban J connectivity index is 1.35. The van der Waals surface area contributed by atoms with Crippen LogP contribution in [0.1, 0.15) is 35.8 Å². The predicted octanol–water partition coefficient (Wildman–Crippen LogP) is 3.61. The zero-order valence-electron chi connectivity index (χ0n) is 17.5. The Kier molecular flexibility index (Phi) is 5.30. The van der Waals surface area contributed by atoms with Crippen LogP contribution in [0.3, 0.4) is 0 Å². The van der Waals surface area contributed by atoms with Gasteiger partial charge < -0.3 is 20.5 Å². The molecule has 5 rings (SSSR count). The molecule has 0 spiro atoms. The third-order valence-corrected chi connectivity index (χ3v) is 5.75.